The lowest BCUT2D eigenvalue weighted by Gasteiger charge is -2.09. The number of aromatic nitrogens is 1. The van der Waals surface area contributed by atoms with Crippen LogP contribution in [0, 0.1) is 20.8 Å². The molecule has 2 heteroatoms. The van der Waals surface area contributed by atoms with Crippen molar-refractivity contribution in [3.05, 3.63) is 52.8 Å². The molecule has 0 unspecified atom stereocenters. The molecule has 0 fully saturated rings. The lowest BCUT2D eigenvalue weighted by Crippen LogP contribution is -1.91. The van der Waals surface area contributed by atoms with Crippen LogP contribution in [0.4, 0.5) is 0 Å². The molecule has 2 rings (SSSR count). The monoisotopic (exact) mass is 227 g/mol. The Labute approximate surface area is 102 Å². The van der Waals surface area contributed by atoms with Crippen LogP contribution < -0.4 is 0 Å². The average Bonchev–Trinajstić information content (AvgIpc) is 2.35. The summed E-state index contributed by atoms with van der Waals surface area (Å²) in [4.78, 5) is 4.15. The van der Waals surface area contributed by atoms with E-state index in [0.717, 1.165) is 16.7 Å². The third-order valence-corrected chi connectivity index (χ3v) is 3.24. The fourth-order valence-electron chi connectivity index (χ4n) is 1.93. The molecule has 2 aromatic rings. The first-order chi connectivity index (χ1) is 8.11. The average molecular weight is 227 g/mol. The fraction of sp³-hybridized carbons (Fsp3) is 0.267. The van der Waals surface area contributed by atoms with Gasteiger partial charge in [-0.3, -0.25) is 4.98 Å². The molecular formula is C15H17NO. The number of rotatable bonds is 2. The lowest BCUT2D eigenvalue weighted by atomic mass is 9.97. The normalized spacial score (nSPS) is 10.6. The molecule has 88 valence electrons. The van der Waals surface area contributed by atoms with Crippen LogP contribution >= 0.6 is 0 Å². The largest absolute Gasteiger partial charge is 0.392 e. The molecule has 0 aliphatic heterocycles. The smallest absolute Gasteiger partial charge is 0.0697 e. The van der Waals surface area contributed by atoms with E-state index in [9.17, 15) is 0 Å². The van der Waals surface area contributed by atoms with Gasteiger partial charge in [-0.15, -0.1) is 0 Å². The van der Waals surface area contributed by atoms with E-state index >= 15 is 0 Å². The zero-order valence-electron chi connectivity index (χ0n) is 10.5. The van der Waals surface area contributed by atoms with Gasteiger partial charge in [0.25, 0.3) is 0 Å². The summed E-state index contributed by atoms with van der Waals surface area (Å²) in [5.41, 5.74) is 6.97. The summed E-state index contributed by atoms with van der Waals surface area (Å²) < 4.78 is 0. The van der Waals surface area contributed by atoms with Gasteiger partial charge in [-0.2, -0.15) is 0 Å². The fourth-order valence-corrected chi connectivity index (χ4v) is 1.93. The minimum atomic E-state index is 0.0324. The summed E-state index contributed by atoms with van der Waals surface area (Å²) in [5, 5.41) is 9.12. The Balaban J connectivity index is 2.52. The Kier molecular flexibility index (Phi) is 3.25. The third kappa shape index (κ3) is 2.37. The SMILES string of the molecule is Cc1cc(-c2cncc(CO)c2)cc(C)c1C. The second kappa shape index (κ2) is 4.68. The molecule has 1 N–H and O–H groups in total. The first-order valence-corrected chi connectivity index (χ1v) is 5.75. The number of pyridine rings is 1. The maximum absolute atomic E-state index is 9.12. The molecule has 0 saturated heterocycles. The predicted molar refractivity (Wildman–Crippen MR) is 69.8 cm³/mol. The van der Waals surface area contributed by atoms with Gasteiger partial charge >= 0.3 is 0 Å². The van der Waals surface area contributed by atoms with Crippen molar-refractivity contribution < 1.29 is 5.11 Å². The third-order valence-electron chi connectivity index (χ3n) is 3.24. The number of nitrogens with zero attached hydrogens (tertiary/aromatic N) is 1. The van der Waals surface area contributed by atoms with E-state index in [2.05, 4.69) is 37.9 Å². The van der Waals surface area contributed by atoms with Crippen LogP contribution in [0.25, 0.3) is 11.1 Å². The lowest BCUT2D eigenvalue weighted by molar-refractivity contribution is 0.281. The molecule has 1 heterocycles. The molecule has 0 atom stereocenters. The van der Waals surface area contributed by atoms with Gasteiger partial charge in [0.15, 0.2) is 0 Å². The Morgan fingerprint density at radius 3 is 2.18 bits per heavy atom. The van der Waals surface area contributed by atoms with Crippen LogP contribution in [0.1, 0.15) is 22.3 Å². The number of benzene rings is 1. The van der Waals surface area contributed by atoms with Crippen molar-refractivity contribution in [3.63, 3.8) is 0 Å². The van der Waals surface area contributed by atoms with Crippen molar-refractivity contribution in [1.82, 2.24) is 4.98 Å². The second-order valence-corrected chi connectivity index (χ2v) is 4.48. The van der Waals surface area contributed by atoms with E-state index < -0.39 is 0 Å². The van der Waals surface area contributed by atoms with Crippen molar-refractivity contribution in [1.29, 1.82) is 0 Å². The van der Waals surface area contributed by atoms with E-state index in [-0.39, 0.29) is 6.61 Å². The van der Waals surface area contributed by atoms with E-state index in [1.54, 1.807) is 6.20 Å². The summed E-state index contributed by atoms with van der Waals surface area (Å²) in [7, 11) is 0. The van der Waals surface area contributed by atoms with Gasteiger partial charge in [0, 0.05) is 18.0 Å². The number of aliphatic hydroxyl groups is 1. The predicted octanol–water partition coefficient (Wildman–Crippen LogP) is 3.17. The minimum Gasteiger partial charge on any atom is -0.392 e. The van der Waals surface area contributed by atoms with Crippen molar-refractivity contribution in [2.45, 2.75) is 27.4 Å². The number of hydrogen-bond acceptors (Lipinski definition) is 2. The molecule has 1 aromatic carbocycles. The molecule has 17 heavy (non-hydrogen) atoms. The van der Waals surface area contributed by atoms with Crippen LogP contribution in [-0.4, -0.2) is 10.1 Å². The first kappa shape index (κ1) is 11.8. The van der Waals surface area contributed by atoms with Crippen LogP contribution in [0.2, 0.25) is 0 Å². The summed E-state index contributed by atoms with van der Waals surface area (Å²) in [6.07, 6.45) is 3.53. The van der Waals surface area contributed by atoms with E-state index in [1.807, 2.05) is 12.3 Å². The summed E-state index contributed by atoms with van der Waals surface area (Å²) >= 11 is 0. The Hall–Kier alpha value is -1.67. The van der Waals surface area contributed by atoms with E-state index in [4.69, 9.17) is 5.11 Å². The van der Waals surface area contributed by atoms with Crippen LogP contribution in [0.3, 0.4) is 0 Å². The van der Waals surface area contributed by atoms with Crippen LogP contribution in [-0.2, 0) is 6.61 Å². The molecule has 0 aliphatic rings. The van der Waals surface area contributed by atoms with Crippen LogP contribution in [0.5, 0.6) is 0 Å². The first-order valence-electron chi connectivity index (χ1n) is 5.75. The topological polar surface area (TPSA) is 33.1 Å². The molecule has 0 amide bonds. The van der Waals surface area contributed by atoms with Gasteiger partial charge < -0.3 is 5.11 Å². The highest BCUT2D eigenvalue weighted by Crippen LogP contribution is 2.24. The van der Waals surface area contributed by atoms with E-state index in [1.165, 1.54) is 16.7 Å². The van der Waals surface area contributed by atoms with Gasteiger partial charge in [-0.05, 0) is 54.7 Å². The number of hydrogen-bond donors (Lipinski definition) is 1. The van der Waals surface area contributed by atoms with Gasteiger partial charge in [0.1, 0.15) is 0 Å². The highest BCUT2D eigenvalue weighted by Gasteiger charge is 2.04. The Morgan fingerprint density at radius 1 is 0.941 bits per heavy atom. The van der Waals surface area contributed by atoms with Gasteiger partial charge in [0.2, 0.25) is 0 Å². The minimum absolute atomic E-state index is 0.0324. The van der Waals surface area contributed by atoms with E-state index in [0.29, 0.717) is 0 Å². The molecular weight excluding hydrogens is 210 g/mol. The summed E-state index contributed by atoms with van der Waals surface area (Å²) in [6, 6.07) is 6.32. The molecule has 0 bridgehead atoms. The van der Waals surface area contributed by atoms with Crippen molar-refractivity contribution in [2.75, 3.05) is 0 Å². The van der Waals surface area contributed by atoms with Gasteiger partial charge in [-0.25, -0.2) is 0 Å². The van der Waals surface area contributed by atoms with Crippen molar-refractivity contribution in [3.8, 4) is 11.1 Å². The number of aliphatic hydroxyl groups excluding tert-OH is 1. The highest BCUT2D eigenvalue weighted by atomic mass is 16.3. The molecule has 0 spiro atoms. The standard InChI is InChI=1S/C15H17NO/c1-10-4-14(5-11(2)12(10)3)15-6-13(9-17)7-16-8-15/h4-8,17H,9H2,1-3H3. The Morgan fingerprint density at radius 2 is 1.59 bits per heavy atom. The molecule has 0 radical (unpaired) electrons. The molecule has 2 nitrogen and oxygen atoms in total. The van der Waals surface area contributed by atoms with Crippen molar-refractivity contribution in [2.24, 2.45) is 0 Å². The highest BCUT2D eigenvalue weighted by molar-refractivity contribution is 5.65. The molecule has 1 aromatic heterocycles. The van der Waals surface area contributed by atoms with Crippen molar-refractivity contribution >= 4 is 0 Å². The maximum atomic E-state index is 9.12. The molecule has 0 aliphatic carbocycles. The summed E-state index contributed by atoms with van der Waals surface area (Å²) in [5.74, 6) is 0. The zero-order valence-corrected chi connectivity index (χ0v) is 10.5. The number of aryl methyl sites for hydroxylation is 2. The maximum Gasteiger partial charge on any atom is 0.0697 e. The van der Waals surface area contributed by atoms with Crippen LogP contribution in [0.15, 0.2) is 30.6 Å². The van der Waals surface area contributed by atoms with Gasteiger partial charge in [0.05, 0.1) is 6.61 Å². The second-order valence-electron chi connectivity index (χ2n) is 4.48. The zero-order chi connectivity index (χ0) is 12.4. The van der Waals surface area contributed by atoms with Gasteiger partial charge in [-0.1, -0.05) is 12.1 Å². The summed E-state index contributed by atoms with van der Waals surface area (Å²) in [6.45, 7) is 6.41. The Bertz CT molecular complexity index is 523. The quantitative estimate of drug-likeness (QED) is 0.854. The molecule has 0 saturated carbocycles.